The van der Waals surface area contributed by atoms with Crippen molar-refractivity contribution >= 4 is 21.6 Å². The van der Waals surface area contributed by atoms with Crippen LogP contribution in [-0.2, 0) is 6.61 Å². The van der Waals surface area contributed by atoms with E-state index < -0.39 is 4.92 Å². The Morgan fingerprint density at radius 3 is 2.75 bits per heavy atom. The molecule has 0 saturated carbocycles. The molecule has 0 aliphatic heterocycles. The van der Waals surface area contributed by atoms with Crippen molar-refractivity contribution in [2.75, 3.05) is 0 Å². The zero-order valence-corrected chi connectivity index (χ0v) is 12.2. The second kappa shape index (κ2) is 6.00. The Morgan fingerprint density at radius 1 is 1.30 bits per heavy atom. The van der Waals surface area contributed by atoms with E-state index in [-0.39, 0.29) is 18.1 Å². The van der Waals surface area contributed by atoms with Gasteiger partial charge in [-0.15, -0.1) is 0 Å². The lowest BCUT2D eigenvalue weighted by Crippen LogP contribution is -2.00. The molecule has 0 fully saturated rings. The number of rotatable bonds is 4. The van der Waals surface area contributed by atoms with Gasteiger partial charge in [0, 0.05) is 6.07 Å². The molecule has 0 aromatic heterocycles. The molecular weight excluding hydrogens is 329 g/mol. The Morgan fingerprint density at radius 2 is 2.05 bits per heavy atom. The van der Waals surface area contributed by atoms with Crippen LogP contribution >= 0.6 is 15.9 Å². The van der Waals surface area contributed by atoms with Gasteiger partial charge < -0.3 is 4.74 Å². The number of hydrogen-bond acceptors (Lipinski definition) is 3. The fraction of sp³-hybridized carbons (Fsp3) is 0.143. The molecule has 0 N–H and O–H groups in total. The van der Waals surface area contributed by atoms with Crippen LogP contribution in [0.4, 0.5) is 10.1 Å². The lowest BCUT2D eigenvalue weighted by Gasteiger charge is -2.10. The van der Waals surface area contributed by atoms with E-state index in [1.54, 1.807) is 12.1 Å². The van der Waals surface area contributed by atoms with Crippen LogP contribution in [0.25, 0.3) is 0 Å². The summed E-state index contributed by atoms with van der Waals surface area (Å²) >= 11 is 3.26. The molecule has 0 saturated heterocycles. The van der Waals surface area contributed by atoms with Crippen LogP contribution in [0.2, 0.25) is 0 Å². The van der Waals surface area contributed by atoms with E-state index in [1.165, 1.54) is 24.3 Å². The lowest BCUT2D eigenvalue weighted by molar-refractivity contribution is -0.385. The zero-order chi connectivity index (χ0) is 14.7. The fourth-order valence-corrected chi connectivity index (χ4v) is 2.03. The maximum absolute atomic E-state index is 13.2. The molecule has 0 amide bonds. The third-order valence-electron chi connectivity index (χ3n) is 2.82. The molecule has 0 unspecified atom stereocenters. The highest BCUT2D eigenvalue weighted by molar-refractivity contribution is 9.10. The van der Waals surface area contributed by atoms with Crippen molar-refractivity contribution in [3.63, 3.8) is 0 Å². The highest BCUT2D eigenvalue weighted by atomic mass is 79.9. The number of non-ortho nitro benzene ring substituents is 1. The first-order valence-corrected chi connectivity index (χ1v) is 6.58. The third kappa shape index (κ3) is 3.33. The molecule has 4 nitrogen and oxygen atoms in total. The van der Waals surface area contributed by atoms with Gasteiger partial charge in [0.15, 0.2) is 0 Å². The molecule has 0 radical (unpaired) electrons. The summed E-state index contributed by atoms with van der Waals surface area (Å²) < 4.78 is 19.3. The van der Waals surface area contributed by atoms with Crippen LogP contribution in [0.1, 0.15) is 11.1 Å². The standard InChI is InChI=1S/C14H11BrFNO3/c1-9-2-3-11(16)6-10(9)8-20-14-7-12(17(18)19)4-5-13(14)15/h2-7H,8H2,1H3. The van der Waals surface area contributed by atoms with E-state index in [1.807, 2.05) is 6.92 Å². The Labute approximate surface area is 123 Å². The fourth-order valence-electron chi connectivity index (χ4n) is 1.67. The summed E-state index contributed by atoms with van der Waals surface area (Å²) in [7, 11) is 0. The van der Waals surface area contributed by atoms with Gasteiger partial charge >= 0.3 is 0 Å². The molecule has 0 atom stereocenters. The quantitative estimate of drug-likeness (QED) is 0.613. The molecule has 0 aliphatic carbocycles. The first-order valence-electron chi connectivity index (χ1n) is 5.79. The van der Waals surface area contributed by atoms with E-state index in [2.05, 4.69) is 15.9 Å². The SMILES string of the molecule is Cc1ccc(F)cc1COc1cc([N+](=O)[O-])ccc1Br. The van der Waals surface area contributed by atoms with E-state index in [4.69, 9.17) is 4.74 Å². The van der Waals surface area contributed by atoms with Gasteiger partial charge in [0.25, 0.3) is 5.69 Å². The first-order chi connectivity index (χ1) is 9.47. The van der Waals surface area contributed by atoms with Gasteiger partial charge in [-0.1, -0.05) is 6.07 Å². The van der Waals surface area contributed by atoms with E-state index in [9.17, 15) is 14.5 Å². The monoisotopic (exact) mass is 339 g/mol. The highest BCUT2D eigenvalue weighted by Gasteiger charge is 2.11. The number of halogens is 2. The van der Waals surface area contributed by atoms with Crippen LogP contribution in [0, 0.1) is 22.9 Å². The Hall–Kier alpha value is -1.95. The van der Waals surface area contributed by atoms with Gasteiger partial charge in [-0.25, -0.2) is 4.39 Å². The average molecular weight is 340 g/mol. The van der Waals surface area contributed by atoms with Crippen molar-refractivity contribution in [3.8, 4) is 5.75 Å². The van der Waals surface area contributed by atoms with Crippen LogP contribution < -0.4 is 4.74 Å². The van der Waals surface area contributed by atoms with Gasteiger partial charge in [-0.05, 0) is 52.2 Å². The molecular formula is C14H11BrFNO3. The predicted molar refractivity (Wildman–Crippen MR) is 76.3 cm³/mol. The van der Waals surface area contributed by atoms with E-state index in [0.717, 1.165) is 5.56 Å². The number of ether oxygens (including phenoxy) is 1. The zero-order valence-electron chi connectivity index (χ0n) is 10.6. The summed E-state index contributed by atoms with van der Waals surface area (Å²) in [4.78, 5) is 10.2. The maximum atomic E-state index is 13.2. The van der Waals surface area contributed by atoms with Gasteiger partial charge in [-0.3, -0.25) is 10.1 Å². The predicted octanol–water partition coefficient (Wildman–Crippen LogP) is 4.38. The molecule has 2 aromatic rings. The highest BCUT2D eigenvalue weighted by Crippen LogP contribution is 2.30. The smallest absolute Gasteiger partial charge is 0.273 e. The second-order valence-electron chi connectivity index (χ2n) is 4.23. The van der Waals surface area contributed by atoms with Crippen LogP contribution in [-0.4, -0.2) is 4.92 Å². The van der Waals surface area contributed by atoms with Gasteiger partial charge in [0.2, 0.25) is 0 Å². The third-order valence-corrected chi connectivity index (χ3v) is 3.48. The molecule has 6 heteroatoms. The van der Waals surface area contributed by atoms with Crippen LogP contribution in [0.15, 0.2) is 40.9 Å². The molecule has 0 spiro atoms. The Bertz CT molecular complexity index is 661. The van der Waals surface area contributed by atoms with Crippen LogP contribution in [0.3, 0.4) is 0 Å². The summed E-state index contributed by atoms with van der Waals surface area (Å²) in [6.07, 6.45) is 0. The number of nitro groups is 1. The second-order valence-corrected chi connectivity index (χ2v) is 5.09. The van der Waals surface area contributed by atoms with Crippen molar-refractivity contribution in [2.24, 2.45) is 0 Å². The van der Waals surface area contributed by atoms with Gasteiger partial charge in [-0.2, -0.15) is 0 Å². The topological polar surface area (TPSA) is 52.4 Å². The molecule has 20 heavy (non-hydrogen) atoms. The molecule has 0 aliphatic rings. The van der Waals surface area contributed by atoms with Crippen molar-refractivity contribution < 1.29 is 14.1 Å². The van der Waals surface area contributed by atoms with Crippen molar-refractivity contribution in [2.45, 2.75) is 13.5 Å². The van der Waals surface area contributed by atoms with Crippen molar-refractivity contribution in [3.05, 3.63) is 67.9 Å². The molecule has 104 valence electrons. The van der Waals surface area contributed by atoms with Gasteiger partial charge in [0.1, 0.15) is 18.2 Å². The number of aryl methyl sites for hydroxylation is 1. The molecule has 2 rings (SSSR count). The van der Waals surface area contributed by atoms with E-state index >= 15 is 0 Å². The van der Waals surface area contributed by atoms with Crippen LogP contribution in [0.5, 0.6) is 5.75 Å². The Balaban J connectivity index is 2.20. The number of nitro benzene ring substituents is 1. The lowest BCUT2D eigenvalue weighted by atomic mass is 10.1. The normalized spacial score (nSPS) is 10.3. The minimum Gasteiger partial charge on any atom is -0.487 e. The Kier molecular flexibility index (Phi) is 4.34. The molecule has 0 heterocycles. The number of hydrogen-bond donors (Lipinski definition) is 0. The van der Waals surface area contributed by atoms with Crippen molar-refractivity contribution in [1.29, 1.82) is 0 Å². The number of benzene rings is 2. The molecule has 0 bridgehead atoms. The largest absolute Gasteiger partial charge is 0.487 e. The van der Waals surface area contributed by atoms with Gasteiger partial charge in [0.05, 0.1) is 15.5 Å². The summed E-state index contributed by atoms with van der Waals surface area (Å²) in [6, 6.07) is 8.69. The minimum atomic E-state index is -0.493. The maximum Gasteiger partial charge on any atom is 0.273 e. The number of nitrogens with zero attached hydrogens (tertiary/aromatic N) is 1. The average Bonchev–Trinajstić information content (AvgIpc) is 2.41. The first kappa shape index (κ1) is 14.5. The van der Waals surface area contributed by atoms with Crippen molar-refractivity contribution in [1.82, 2.24) is 0 Å². The minimum absolute atomic E-state index is 0.0563. The molecule has 2 aromatic carbocycles. The summed E-state index contributed by atoms with van der Waals surface area (Å²) in [5.74, 6) is 0.00942. The summed E-state index contributed by atoms with van der Waals surface area (Å²) in [5.41, 5.74) is 1.54. The summed E-state index contributed by atoms with van der Waals surface area (Å²) in [5, 5.41) is 10.7. The van der Waals surface area contributed by atoms with E-state index in [0.29, 0.717) is 15.8 Å². The summed E-state index contributed by atoms with van der Waals surface area (Å²) in [6.45, 7) is 1.99.